The highest BCUT2D eigenvalue weighted by molar-refractivity contribution is 7.99. The molecular formula is C22H22Cl2N6S2. The summed E-state index contributed by atoms with van der Waals surface area (Å²) in [5.74, 6) is 0.331. The third-order valence-corrected chi connectivity index (χ3v) is 6.99. The van der Waals surface area contributed by atoms with Gasteiger partial charge in [0.2, 0.25) is 5.95 Å². The van der Waals surface area contributed by atoms with E-state index < -0.39 is 0 Å². The second-order valence-corrected chi connectivity index (χ2v) is 9.86. The van der Waals surface area contributed by atoms with Crippen molar-refractivity contribution >= 4 is 58.2 Å². The zero-order valence-electron chi connectivity index (χ0n) is 17.2. The van der Waals surface area contributed by atoms with Crippen molar-refractivity contribution in [2.75, 3.05) is 11.9 Å². The van der Waals surface area contributed by atoms with E-state index in [2.05, 4.69) is 42.7 Å². The number of aromatic nitrogens is 4. The van der Waals surface area contributed by atoms with Gasteiger partial charge in [-0.3, -0.25) is 0 Å². The van der Waals surface area contributed by atoms with Gasteiger partial charge in [-0.15, -0.1) is 0 Å². The molecule has 0 unspecified atom stereocenters. The molecule has 2 aromatic heterocycles. The number of thiocarbonyl (C=S) groups is 1. The molecule has 4 rings (SSSR count). The van der Waals surface area contributed by atoms with Crippen LogP contribution in [-0.2, 0) is 5.41 Å². The Kier molecular flexibility index (Phi) is 7.78. The molecule has 3 aromatic rings. The van der Waals surface area contributed by atoms with Gasteiger partial charge in [0.25, 0.3) is 0 Å². The van der Waals surface area contributed by atoms with E-state index in [1.807, 2.05) is 12.1 Å². The first-order chi connectivity index (χ1) is 15.5. The number of rotatable bonds is 6. The van der Waals surface area contributed by atoms with Gasteiger partial charge in [-0.1, -0.05) is 54.6 Å². The SMILES string of the molecule is S=C(NCC1(c2ccc(Cl)cc2)CCCCC1)Nc1nc(Cl)cc(Sc2ncccn2)n1. The van der Waals surface area contributed by atoms with E-state index in [1.54, 1.807) is 24.5 Å². The highest BCUT2D eigenvalue weighted by Crippen LogP contribution is 2.39. The number of hydrogen-bond donors (Lipinski definition) is 2. The van der Waals surface area contributed by atoms with Gasteiger partial charge in [0.05, 0.1) is 0 Å². The zero-order valence-corrected chi connectivity index (χ0v) is 20.4. The van der Waals surface area contributed by atoms with Crippen LogP contribution in [0.1, 0.15) is 37.7 Å². The van der Waals surface area contributed by atoms with Gasteiger partial charge in [0.15, 0.2) is 10.3 Å². The summed E-state index contributed by atoms with van der Waals surface area (Å²) in [5.41, 5.74) is 1.31. The smallest absolute Gasteiger partial charge is 0.231 e. The van der Waals surface area contributed by atoms with E-state index in [0.29, 0.717) is 26.4 Å². The lowest BCUT2D eigenvalue weighted by molar-refractivity contribution is 0.292. The number of nitrogens with zero attached hydrogens (tertiary/aromatic N) is 4. The fourth-order valence-electron chi connectivity index (χ4n) is 3.93. The minimum absolute atomic E-state index is 0.0232. The molecule has 0 spiro atoms. The largest absolute Gasteiger partial charge is 0.361 e. The van der Waals surface area contributed by atoms with Crippen molar-refractivity contribution in [1.29, 1.82) is 0 Å². The fraction of sp³-hybridized carbons (Fsp3) is 0.318. The Hall–Kier alpha value is -2.00. The summed E-state index contributed by atoms with van der Waals surface area (Å²) in [6.45, 7) is 0.723. The number of benzene rings is 1. The van der Waals surface area contributed by atoms with E-state index in [0.717, 1.165) is 24.4 Å². The average Bonchev–Trinajstić information content (AvgIpc) is 2.79. The van der Waals surface area contributed by atoms with Gasteiger partial charge in [0, 0.05) is 35.4 Å². The molecule has 1 aliphatic carbocycles. The molecule has 6 nitrogen and oxygen atoms in total. The Morgan fingerprint density at radius 1 is 1.03 bits per heavy atom. The molecule has 0 aliphatic heterocycles. The first-order valence-electron chi connectivity index (χ1n) is 10.3. The van der Waals surface area contributed by atoms with Crippen LogP contribution in [0, 0.1) is 0 Å². The van der Waals surface area contributed by atoms with Crippen LogP contribution in [0.15, 0.2) is 59.0 Å². The second kappa shape index (κ2) is 10.7. The molecule has 10 heteroatoms. The summed E-state index contributed by atoms with van der Waals surface area (Å²) in [6.07, 6.45) is 9.23. The maximum absolute atomic E-state index is 6.19. The Morgan fingerprint density at radius 3 is 2.47 bits per heavy atom. The van der Waals surface area contributed by atoms with Crippen molar-refractivity contribution in [3.63, 3.8) is 0 Å². The normalized spacial score (nSPS) is 15.2. The van der Waals surface area contributed by atoms with Crippen molar-refractivity contribution in [3.8, 4) is 0 Å². The van der Waals surface area contributed by atoms with Crippen molar-refractivity contribution in [2.24, 2.45) is 0 Å². The molecular weight excluding hydrogens is 483 g/mol. The van der Waals surface area contributed by atoms with E-state index in [1.165, 1.54) is 36.6 Å². The lowest BCUT2D eigenvalue weighted by Crippen LogP contribution is -2.43. The molecule has 2 N–H and O–H groups in total. The van der Waals surface area contributed by atoms with Crippen LogP contribution in [0.2, 0.25) is 10.2 Å². The van der Waals surface area contributed by atoms with Crippen LogP contribution in [-0.4, -0.2) is 31.6 Å². The van der Waals surface area contributed by atoms with Crippen molar-refractivity contribution in [2.45, 2.75) is 47.7 Å². The van der Waals surface area contributed by atoms with Gasteiger partial charge < -0.3 is 10.6 Å². The second-order valence-electron chi connectivity index (χ2n) is 7.64. The Balaban J connectivity index is 1.43. The van der Waals surface area contributed by atoms with Crippen LogP contribution in [0.25, 0.3) is 0 Å². The predicted molar refractivity (Wildman–Crippen MR) is 134 cm³/mol. The van der Waals surface area contributed by atoms with Crippen molar-refractivity contribution in [1.82, 2.24) is 25.3 Å². The predicted octanol–water partition coefficient (Wildman–Crippen LogP) is 5.91. The molecule has 0 amide bonds. The molecule has 2 heterocycles. The Morgan fingerprint density at radius 2 is 1.75 bits per heavy atom. The van der Waals surface area contributed by atoms with Crippen LogP contribution < -0.4 is 10.6 Å². The molecule has 1 aromatic carbocycles. The fourth-order valence-corrected chi connectivity index (χ4v) is 5.19. The van der Waals surface area contributed by atoms with Gasteiger partial charge in [-0.05, 0) is 60.6 Å². The topological polar surface area (TPSA) is 75.6 Å². The lowest BCUT2D eigenvalue weighted by atomic mass is 9.69. The molecule has 0 bridgehead atoms. The van der Waals surface area contributed by atoms with Crippen molar-refractivity contribution < 1.29 is 0 Å². The highest BCUT2D eigenvalue weighted by Gasteiger charge is 2.34. The molecule has 1 aliphatic rings. The molecule has 32 heavy (non-hydrogen) atoms. The minimum atomic E-state index is 0.0232. The van der Waals surface area contributed by atoms with Crippen LogP contribution in [0.3, 0.4) is 0 Å². The molecule has 166 valence electrons. The lowest BCUT2D eigenvalue weighted by Gasteiger charge is -2.38. The Bertz CT molecular complexity index is 1060. The van der Waals surface area contributed by atoms with Crippen LogP contribution >= 0.6 is 47.2 Å². The number of nitrogens with one attached hydrogen (secondary N) is 2. The molecule has 1 fully saturated rings. The summed E-state index contributed by atoms with van der Waals surface area (Å²) in [6, 6.07) is 11.6. The summed E-state index contributed by atoms with van der Waals surface area (Å²) < 4.78 is 0. The van der Waals surface area contributed by atoms with Gasteiger partial charge >= 0.3 is 0 Å². The average molecular weight is 506 g/mol. The summed E-state index contributed by atoms with van der Waals surface area (Å²) >= 11 is 19.2. The first-order valence-corrected chi connectivity index (χ1v) is 12.3. The number of anilines is 1. The maximum atomic E-state index is 6.19. The first kappa shape index (κ1) is 23.2. The van der Waals surface area contributed by atoms with E-state index in [-0.39, 0.29) is 5.41 Å². The summed E-state index contributed by atoms with van der Waals surface area (Å²) in [5, 5.41) is 9.17. The Labute approximate surface area is 207 Å². The summed E-state index contributed by atoms with van der Waals surface area (Å²) in [4.78, 5) is 17.1. The maximum Gasteiger partial charge on any atom is 0.231 e. The third kappa shape index (κ3) is 6.07. The minimum Gasteiger partial charge on any atom is -0.361 e. The number of hydrogen-bond acceptors (Lipinski definition) is 6. The highest BCUT2D eigenvalue weighted by atomic mass is 35.5. The third-order valence-electron chi connectivity index (χ3n) is 5.49. The molecule has 1 saturated carbocycles. The quantitative estimate of drug-likeness (QED) is 0.243. The van der Waals surface area contributed by atoms with Gasteiger partial charge in [0.1, 0.15) is 10.2 Å². The number of halogens is 2. The van der Waals surface area contributed by atoms with Crippen LogP contribution in [0.4, 0.5) is 5.95 Å². The molecule has 0 radical (unpaired) electrons. The van der Waals surface area contributed by atoms with Crippen LogP contribution in [0.5, 0.6) is 0 Å². The van der Waals surface area contributed by atoms with Gasteiger partial charge in [-0.25, -0.2) is 19.9 Å². The van der Waals surface area contributed by atoms with E-state index in [9.17, 15) is 0 Å². The van der Waals surface area contributed by atoms with E-state index in [4.69, 9.17) is 35.4 Å². The summed E-state index contributed by atoms with van der Waals surface area (Å²) in [7, 11) is 0. The van der Waals surface area contributed by atoms with Crippen molar-refractivity contribution in [3.05, 3.63) is 64.5 Å². The molecule has 0 saturated heterocycles. The molecule has 0 atom stereocenters. The monoisotopic (exact) mass is 504 g/mol. The van der Waals surface area contributed by atoms with Gasteiger partial charge in [-0.2, -0.15) is 0 Å². The zero-order chi connectivity index (χ0) is 22.4. The van der Waals surface area contributed by atoms with E-state index >= 15 is 0 Å². The standard InChI is InChI=1S/C22H22Cl2N6S2/c23-16-7-5-15(6-8-16)22(9-2-1-3-10-22)14-27-20(31)30-19-28-17(24)13-18(29-19)32-21-25-11-4-12-26-21/h4-8,11-13H,1-3,9-10,14H2,(H2,27,28,29,30,31).